The SMILES string of the molecule is C/C(=C\C(=O)NO)[C@H](C)[C@H](OC(=O)Nc1ccc(F)cc1F)c1ccc(OCCO[Si](CCC(F)(F)C(F)(F)C(F)(F)C(F)(F)C(F)(F)C(F)(F)C(F)(F)C(F)(F)F)(C(C)C)C(C)C)cc1. The molecule has 0 spiro atoms. The Hall–Kier alpha value is -4.47. The molecule has 0 radical (unpaired) electrons. The predicted octanol–water partition coefficient (Wildman–Crippen LogP) is 12.9. The van der Waals surface area contributed by atoms with E-state index in [1.165, 1.54) is 71.3 Å². The summed E-state index contributed by atoms with van der Waals surface area (Å²) >= 11 is 0. The van der Waals surface area contributed by atoms with E-state index in [9.17, 15) is 93.0 Å². The lowest BCUT2D eigenvalue weighted by atomic mass is 9.88. The summed E-state index contributed by atoms with van der Waals surface area (Å²) in [6.07, 6.45) is -12.0. The van der Waals surface area contributed by atoms with Crippen molar-refractivity contribution in [2.75, 3.05) is 18.5 Å². The van der Waals surface area contributed by atoms with Gasteiger partial charge in [0, 0.05) is 24.5 Å². The lowest BCUT2D eigenvalue weighted by Gasteiger charge is -2.44. The molecule has 0 aliphatic heterocycles. The number of hydrogen-bond acceptors (Lipinski definition) is 6. The van der Waals surface area contributed by atoms with Gasteiger partial charge in [-0.15, -0.1) is 0 Å². The van der Waals surface area contributed by atoms with Crippen LogP contribution in [0.5, 0.6) is 5.75 Å². The Morgan fingerprint density at radius 3 is 1.64 bits per heavy atom. The first-order chi connectivity index (χ1) is 29.7. The number of hydrogen-bond donors (Lipinski definition) is 3. The summed E-state index contributed by atoms with van der Waals surface area (Å²) in [6, 6.07) is 6.02. The Kier molecular flexibility index (Phi) is 17.8. The number of carbonyl (C=O) groups is 2. The highest BCUT2D eigenvalue weighted by Gasteiger charge is 2.95. The molecular weight excluding hydrogens is 969 g/mol. The number of anilines is 1. The van der Waals surface area contributed by atoms with Crippen LogP contribution in [0.2, 0.25) is 17.1 Å². The summed E-state index contributed by atoms with van der Waals surface area (Å²) in [7, 11) is -4.07. The minimum absolute atomic E-state index is 0.00424. The maximum absolute atomic E-state index is 15.0. The molecule has 3 N–H and O–H groups in total. The molecule has 2 aromatic rings. The minimum Gasteiger partial charge on any atom is -0.491 e. The number of carbonyl (C=O) groups excluding carboxylic acids is 2. The normalized spacial score (nSPS) is 15.2. The smallest absolute Gasteiger partial charge is 0.460 e. The number of alkyl halides is 17. The van der Waals surface area contributed by atoms with Crippen molar-refractivity contribution < 1.29 is 112 Å². The molecule has 66 heavy (non-hydrogen) atoms. The van der Waals surface area contributed by atoms with Crippen LogP contribution in [-0.4, -0.2) is 86.4 Å². The summed E-state index contributed by atoms with van der Waals surface area (Å²) in [5.74, 6) is -61.0. The Labute approximate surface area is 363 Å². The van der Waals surface area contributed by atoms with E-state index in [4.69, 9.17) is 19.1 Å². The molecule has 0 aliphatic rings. The van der Waals surface area contributed by atoms with Crippen molar-refractivity contribution in [3.63, 3.8) is 0 Å². The summed E-state index contributed by atoms with van der Waals surface area (Å²) in [6.45, 7) is 6.90. The minimum atomic E-state index is -8.73. The lowest BCUT2D eigenvalue weighted by molar-refractivity contribution is -0.461. The summed E-state index contributed by atoms with van der Waals surface area (Å²) in [5.41, 5.74) is -0.540. The van der Waals surface area contributed by atoms with E-state index in [2.05, 4.69) is 5.32 Å². The topological polar surface area (TPSA) is 106 Å². The second kappa shape index (κ2) is 20.4. The van der Waals surface area contributed by atoms with Gasteiger partial charge in [-0.05, 0) is 53.9 Å². The molecule has 2 atom stereocenters. The number of hydroxylamine groups is 1. The summed E-state index contributed by atoms with van der Waals surface area (Å²) in [4.78, 5) is 24.6. The highest BCUT2D eigenvalue weighted by Crippen LogP contribution is 2.64. The molecule has 8 nitrogen and oxygen atoms in total. The lowest BCUT2D eigenvalue weighted by Crippen LogP contribution is -2.74. The second-order valence-electron chi connectivity index (χ2n) is 15.4. The van der Waals surface area contributed by atoms with Crippen molar-refractivity contribution in [3.8, 4) is 5.75 Å². The van der Waals surface area contributed by atoms with E-state index in [1.54, 1.807) is 0 Å². The second-order valence-corrected chi connectivity index (χ2v) is 20.4. The zero-order valence-corrected chi connectivity index (χ0v) is 35.9. The Balaban J connectivity index is 2.33. The van der Waals surface area contributed by atoms with Gasteiger partial charge >= 0.3 is 53.7 Å². The molecule has 2 rings (SSSR count). The van der Waals surface area contributed by atoms with Gasteiger partial charge in [0.25, 0.3) is 5.91 Å². The number of nitrogens with one attached hydrogen (secondary N) is 2. The molecule has 0 heterocycles. The molecule has 0 unspecified atom stereocenters. The van der Waals surface area contributed by atoms with Gasteiger partial charge in [0.15, 0.2) is 8.32 Å². The van der Waals surface area contributed by atoms with Crippen LogP contribution in [0.15, 0.2) is 54.1 Å². The molecule has 376 valence electrons. The van der Waals surface area contributed by atoms with Crippen LogP contribution in [0.25, 0.3) is 0 Å². The van der Waals surface area contributed by atoms with Crippen molar-refractivity contribution in [2.24, 2.45) is 5.92 Å². The Bertz CT molecular complexity index is 2010. The predicted molar refractivity (Wildman–Crippen MR) is 196 cm³/mol. The first-order valence-corrected chi connectivity index (χ1v) is 21.1. The molecule has 0 fully saturated rings. The molecule has 2 aromatic carbocycles. The van der Waals surface area contributed by atoms with Crippen LogP contribution in [0.1, 0.15) is 59.6 Å². The van der Waals surface area contributed by atoms with E-state index in [0.717, 1.165) is 18.2 Å². The van der Waals surface area contributed by atoms with Crippen molar-refractivity contribution >= 4 is 26.0 Å². The first-order valence-electron chi connectivity index (χ1n) is 18.9. The third-order valence-corrected chi connectivity index (χ3v) is 16.2. The summed E-state index contributed by atoms with van der Waals surface area (Å²) < 4.78 is 280. The van der Waals surface area contributed by atoms with E-state index >= 15 is 0 Å². The average molecular weight is 1010 g/mol. The maximum Gasteiger partial charge on any atom is 0.460 e. The highest BCUT2D eigenvalue weighted by molar-refractivity contribution is 6.76. The average Bonchev–Trinajstić information content (AvgIpc) is 3.19. The third-order valence-electron chi connectivity index (χ3n) is 10.5. The Morgan fingerprint density at radius 2 is 1.18 bits per heavy atom. The molecular formula is C38H41F19N2O6Si. The van der Waals surface area contributed by atoms with Gasteiger partial charge in [0.1, 0.15) is 30.1 Å². The molecule has 28 heteroatoms. The van der Waals surface area contributed by atoms with Crippen molar-refractivity contribution in [3.05, 3.63) is 71.3 Å². The van der Waals surface area contributed by atoms with Crippen LogP contribution in [-0.2, 0) is 14.0 Å². The molecule has 0 bridgehead atoms. The van der Waals surface area contributed by atoms with Crippen LogP contribution < -0.4 is 15.5 Å². The quantitative estimate of drug-likeness (QED) is 0.0271. The number of amides is 2. The van der Waals surface area contributed by atoms with E-state index in [-0.39, 0.29) is 16.9 Å². The molecule has 0 saturated heterocycles. The largest absolute Gasteiger partial charge is 0.491 e. The van der Waals surface area contributed by atoms with Crippen LogP contribution in [0.3, 0.4) is 0 Å². The van der Waals surface area contributed by atoms with Crippen molar-refractivity contribution in [2.45, 2.75) is 119 Å². The first kappa shape index (κ1) is 57.7. The van der Waals surface area contributed by atoms with Gasteiger partial charge in [-0.2, -0.15) is 74.6 Å². The van der Waals surface area contributed by atoms with Gasteiger partial charge in [0.05, 0.1) is 12.3 Å². The third kappa shape index (κ3) is 11.3. The van der Waals surface area contributed by atoms with Crippen LogP contribution in [0.4, 0.5) is 93.9 Å². The van der Waals surface area contributed by atoms with E-state index in [0.29, 0.717) is 6.07 Å². The Morgan fingerprint density at radius 1 is 0.697 bits per heavy atom. The van der Waals surface area contributed by atoms with Crippen LogP contribution >= 0.6 is 0 Å². The number of benzene rings is 2. The number of ether oxygens (including phenoxy) is 2. The zero-order valence-electron chi connectivity index (χ0n) is 34.9. The van der Waals surface area contributed by atoms with E-state index in [1.807, 2.05) is 0 Å². The number of halogens is 19. The van der Waals surface area contributed by atoms with Gasteiger partial charge in [-0.1, -0.05) is 52.3 Å². The highest BCUT2D eigenvalue weighted by atomic mass is 28.4. The molecule has 2 amide bonds. The monoisotopic (exact) mass is 1010 g/mol. The summed E-state index contributed by atoms with van der Waals surface area (Å²) in [5, 5.41) is 11.0. The maximum atomic E-state index is 15.0. The van der Waals surface area contributed by atoms with E-state index < -0.39 is 134 Å². The molecule has 0 aromatic heterocycles. The van der Waals surface area contributed by atoms with Gasteiger partial charge in [-0.25, -0.2) is 19.1 Å². The van der Waals surface area contributed by atoms with Gasteiger partial charge in [0.2, 0.25) is 0 Å². The zero-order chi connectivity index (χ0) is 51.4. The van der Waals surface area contributed by atoms with Crippen molar-refractivity contribution in [1.82, 2.24) is 5.48 Å². The fraction of sp³-hybridized carbons (Fsp3) is 0.579. The fourth-order valence-electron chi connectivity index (χ4n) is 6.41. The van der Waals surface area contributed by atoms with Gasteiger partial charge < -0.3 is 13.9 Å². The number of rotatable bonds is 22. The van der Waals surface area contributed by atoms with Crippen molar-refractivity contribution in [1.29, 1.82) is 0 Å². The molecule has 0 saturated carbocycles. The fourth-order valence-corrected chi connectivity index (χ4v) is 10.9. The molecule has 0 aliphatic carbocycles. The standard InChI is InChI=1S/C38H41F19N2O6Si/c1-19(2)66(20(3)4,16-13-31(41,42)32(43,44)33(45,46)34(47,48)35(49,50)36(51,52)37(53,54)38(55,56)57)64-15-14-63-25-10-7-23(8-11-25)29(22(6)21(5)17-28(60)59-62)65-30(61)58-27-12-9-24(39)18-26(27)40/h7-12,17-20,22,29,62H,13-16H2,1-6H3,(H,58,61)(H,59,60)/b21-17+/t22-,29-/m0/s1. The van der Waals surface area contributed by atoms with Crippen LogP contribution in [0, 0.1) is 17.6 Å². The van der Waals surface area contributed by atoms with Gasteiger partial charge in [-0.3, -0.25) is 15.3 Å².